The molecule has 1 fully saturated rings. The molecule has 7 heteroatoms. The summed E-state index contributed by atoms with van der Waals surface area (Å²) in [6.07, 6.45) is -2.52. The van der Waals surface area contributed by atoms with E-state index in [1.54, 1.807) is 0 Å². The minimum Gasteiger partial charge on any atom is -0.481 e. The van der Waals surface area contributed by atoms with Gasteiger partial charge in [0.25, 0.3) is 0 Å². The number of halogens is 3. The van der Waals surface area contributed by atoms with E-state index in [-0.39, 0.29) is 12.2 Å². The zero-order valence-corrected chi connectivity index (χ0v) is 10.00. The molecule has 104 valence electrons. The topological polar surface area (TPSA) is 62.2 Å². The average Bonchev–Trinajstić information content (AvgIpc) is 2.24. The summed E-state index contributed by atoms with van der Waals surface area (Å²) in [6.45, 7) is 0. The predicted octanol–water partition coefficient (Wildman–Crippen LogP) is 2.91. The summed E-state index contributed by atoms with van der Waals surface area (Å²) in [7, 11) is 0. The van der Waals surface area contributed by atoms with Gasteiger partial charge in [0.1, 0.15) is 11.5 Å². The molecule has 19 heavy (non-hydrogen) atoms. The Morgan fingerprint density at radius 3 is 2.58 bits per heavy atom. The number of alkyl halides is 3. The third kappa shape index (κ3) is 3.15. The minimum atomic E-state index is -4.50. The normalized spacial score (nSPS) is 17.6. The van der Waals surface area contributed by atoms with Crippen molar-refractivity contribution in [3.8, 4) is 0 Å². The molecular formula is C12H13F3N2O2. The Labute approximate surface area is 107 Å². The van der Waals surface area contributed by atoms with Crippen LogP contribution in [0.2, 0.25) is 0 Å². The Morgan fingerprint density at radius 1 is 1.42 bits per heavy atom. The van der Waals surface area contributed by atoms with Gasteiger partial charge in [0.05, 0.1) is 6.42 Å². The molecule has 0 bridgehead atoms. The third-order valence-corrected chi connectivity index (χ3v) is 3.23. The van der Waals surface area contributed by atoms with E-state index in [4.69, 9.17) is 5.11 Å². The molecule has 1 aliphatic rings. The molecule has 0 atom stereocenters. The maximum Gasteiger partial charge on any atom is 0.433 e. The zero-order valence-electron chi connectivity index (χ0n) is 10.00. The number of aromatic nitrogens is 1. The maximum atomic E-state index is 12.5. The number of nitrogens with zero attached hydrogens (tertiary/aromatic N) is 1. The highest BCUT2D eigenvalue weighted by Gasteiger charge is 2.40. The summed E-state index contributed by atoms with van der Waals surface area (Å²) in [5, 5.41) is 11.7. The summed E-state index contributed by atoms with van der Waals surface area (Å²) < 4.78 is 37.6. The highest BCUT2D eigenvalue weighted by atomic mass is 19.4. The van der Waals surface area contributed by atoms with E-state index < -0.39 is 23.4 Å². The van der Waals surface area contributed by atoms with Crippen molar-refractivity contribution in [3.63, 3.8) is 0 Å². The van der Waals surface area contributed by atoms with Crippen LogP contribution in [0.4, 0.5) is 19.0 Å². The molecule has 0 spiro atoms. The lowest BCUT2D eigenvalue weighted by molar-refractivity contribution is -0.141. The Kier molecular flexibility index (Phi) is 3.38. The van der Waals surface area contributed by atoms with Crippen molar-refractivity contribution in [1.82, 2.24) is 4.98 Å². The zero-order chi connectivity index (χ0) is 14.1. The molecule has 0 aromatic carbocycles. The van der Waals surface area contributed by atoms with Gasteiger partial charge >= 0.3 is 12.1 Å². The fraction of sp³-hybridized carbons (Fsp3) is 0.500. The molecule has 4 nitrogen and oxygen atoms in total. The van der Waals surface area contributed by atoms with Crippen LogP contribution in [0, 0.1) is 0 Å². The van der Waals surface area contributed by atoms with Crippen molar-refractivity contribution < 1.29 is 23.1 Å². The molecule has 1 saturated carbocycles. The first-order chi connectivity index (χ1) is 8.81. The molecule has 0 saturated heterocycles. The molecule has 1 aromatic rings. The lowest BCUT2D eigenvalue weighted by Gasteiger charge is -2.42. The van der Waals surface area contributed by atoms with Gasteiger partial charge in [-0.3, -0.25) is 4.79 Å². The van der Waals surface area contributed by atoms with Crippen molar-refractivity contribution in [2.45, 2.75) is 37.4 Å². The quantitative estimate of drug-likeness (QED) is 0.886. The number of carboxylic acids is 1. The van der Waals surface area contributed by atoms with E-state index >= 15 is 0 Å². The van der Waals surface area contributed by atoms with Crippen LogP contribution in [-0.4, -0.2) is 21.6 Å². The van der Waals surface area contributed by atoms with Gasteiger partial charge in [0, 0.05) is 5.54 Å². The smallest absolute Gasteiger partial charge is 0.433 e. The largest absolute Gasteiger partial charge is 0.481 e. The van der Waals surface area contributed by atoms with Crippen LogP contribution in [0.15, 0.2) is 18.2 Å². The van der Waals surface area contributed by atoms with Crippen molar-refractivity contribution in [2.75, 3.05) is 5.32 Å². The summed E-state index contributed by atoms with van der Waals surface area (Å²) in [5.74, 6) is -0.907. The minimum absolute atomic E-state index is 0.0655. The Hall–Kier alpha value is -1.79. The number of aliphatic carboxylic acids is 1. The second-order valence-electron chi connectivity index (χ2n) is 4.74. The molecular weight excluding hydrogens is 261 g/mol. The van der Waals surface area contributed by atoms with Crippen molar-refractivity contribution >= 4 is 11.8 Å². The van der Waals surface area contributed by atoms with Gasteiger partial charge in [-0.1, -0.05) is 6.07 Å². The van der Waals surface area contributed by atoms with Gasteiger partial charge in [-0.15, -0.1) is 0 Å². The Morgan fingerprint density at radius 2 is 2.11 bits per heavy atom. The lowest BCUT2D eigenvalue weighted by atomic mass is 9.74. The molecule has 0 amide bonds. The van der Waals surface area contributed by atoms with Crippen LogP contribution >= 0.6 is 0 Å². The fourth-order valence-corrected chi connectivity index (χ4v) is 2.17. The van der Waals surface area contributed by atoms with Gasteiger partial charge in [-0.2, -0.15) is 13.2 Å². The molecule has 1 aromatic heterocycles. The highest BCUT2D eigenvalue weighted by molar-refractivity contribution is 5.69. The number of carbonyl (C=O) groups is 1. The van der Waals surface area contributed by atoms with Gasteiger partial charge in [-0.25, -0.2) is 4.98 Å². The fourth-order valence-electron chi connectivity index (χ4n) is 2.17. The van der Waals surface area contributed by atoms with Crippen LogP contribution < -0.4 is 5.32 Å². The Balaban J connectivity index is 2.16. The monoisotopic (exact) mass is 274 g/mol. The molecule has 0 unspecified atom stereocenters. The van der Waals surface area contributed by atoms with Crippen molar-refractivity contribution in [2.24, 2.45) is 0 Å². The first-order valence-corrected chi connectivity index (χ1v) is 5.85. The molecule has 0 aliphatic heterocycles. The van der Waals surface area contributed by atoms with Crippen LogP contribution in [0.3, 0.4) is 0 Å². The SMILES string of the molecule is O=C(O)CC1(Nc2cccc(C(F)(F)F)n2)CCC1. The maximum absolute atomic E-state index is 12.5. The number of hydrogen-bond donors (Lipinski definition) is 2. The van der Waals surface area contributed by atoms with Gasteiger partial charge < -0.3 is 10.4 Å². The van der Waals surface area contributed by atoms with E-state index in [1.165, 1.54) is 12.1 Å². The number of anilines is 1. The number of pyridine rings is 1. The van der Waals surface area contributed by atoms with Crippen molar-refractivity contribution in [3.05, 3.63) is 23.9 Å². The molecule has 2 rings (SSSR count). The number of carboxylic acid groups (broad SMARTS) is 1. The molecule has 0 radical (unpaired) electrons. The van der Waals surface area contributed by atoms with Gasteiger partial charge in [0.2, 0.25) is 0 Å². The average molecular weight is 274 g/mol. The third-order valence-electron chi connectivity index (χ3n) is 3.23. The van der Waals surface area contributed by atoms with E-state index in [0.717, 1.165) is 12.5 Å². The summed E-state index contributed by atoms with van der Waals surface area (Å²) >= 11 is 0. The number of rotatable bonds is 4. The van der Waals surface area contributed by atoms with Crippen LogP contribution in [0.1, 0.15) is 31.4 Å². The molecule has 2 N–H and O–H groups in total. The van der Waals surface area contributed by atoms with Crippen molar-refractivity contribution in [1.29, 1.82) is 0 Å². The van der Waals surface area contributed by atoms with E-state index in [2.05, 4.69) is 10.3 Å². The lowest BCUT2D eigenvalue weighted by Crippen LogP contribution is -2.47. The van der Waals surface area contributed by atoms with Crippen LogP contribution in [0.5, 0.6) is 0 Å². The van der Waals surface area contributed by atoms with Gasteiger partial charge in [-0.05, 0) is 31.4 Å². The second-order valence-corrected chi connectivity index (χ2v) is 4.74. The second kappa shape index (κ2) is 4.71. The summed E-state index contributed by atoms with van der Waals surface area (Å²) in [4.78, 5) is 14.3. The van der Waals surface area contributed by atoms with Gasteiger partial charge in [0.15, 0.2) is 0 Å². The Bertz CT molecular complexity index is 484. The van der Waals surface area contributed by atoms with Crippen LogP contribution in [0.25, 0.3) is 0 Å². The first-order valence-electron chi connectivity index (χ1n) is 5.85. The van der Waals surface area contributed by atoms with E-state index in [1.807, 2.05) is 0 Å². The number of nitrogens with one attached hydrogen (secondary N) is 1. The number of hydrogen-bond acceptors (Lipinski definition) is 3. The van der Waals surface area contributed by atoms with E-state index in [0.29, 0.717) is 12.8 Å². The molecule has 1 heterocycles. The van der Waals surface area contributed by atoms with E-state index in [9.17, 15) is 18.0 Å². The predicted molar refractivity (Wildman–Crippen MR) is 61.7 cm³/mol. The van der Waals surface area contributed by atoms with Crippen LogP contribution in [-0.2, 0) is 11.0 Å². The summed E-state index contributed by atoms with van der Waals surface area (Å²) in [6, 6.07) is 3.55. The standard InChI is InChI=1S/C12H13F3N2O2/c13-12(14,15)8-3-1-4-9(16-8)17-11(5-2-6-11)7-10(18)19/h1,3-4H,2,5-7H2,(H,16,17)(H,18,19). The summed E-state index contributed by atoms with van der Waals surface area (Å²) in [5.41, 5.74) is -1.65. The first kappa shape index (κ1) is 13.6. The molecule has 1 aliphatic carbocycles. The highest BCUT2D eigenvalue weighted by Crippen LogP contribution is 2.38.